The summed E-state index contributed by atoms with van der Waals surface area (Å²) in [5.41, 5.74) is 0. The Morgan fingerprint density at radius 2 is 1.70 bits per heavy atom. The van der Waals surface area contributed by atoms with Crippen molar-refractivity contribution in [2.45, 2.75) is 19.3 Å². The van der Waals surface area contributed by atoms with Crippen LogP contribution in [0.5, 0.6) is 0 Å². The van der Waals surface area contributed by atoms with E-state index >= 15 is 0 Å². The topological polar surface area (TPSA) is 3.24 Å². The summed E-state index contributed by atoms with van der Waals surface area (Å²) in [7, 11) is 0. The van der Waals surface area contributed by atoms with Crippen LogP contribution in [0, 0.1) is 0 Å². The molecule has 0 aromatic rings. The Hall–Kier alpha value is 0.759. The van der Waals surface area contributed by atoms with Gasteiger partial charge in [0, 0.05) is 13.1 Å². The van der Waals surface area contributed by atoms with Crippen LogP contribution in [0.3, 0.4) is 0 Å². The normalized spacial score (nSPS) is 17.9. The summed E-state index contributed by atoms with van der Waals surface area (Å²) in [5.74, 6) is 0. The monoisotopic (exact) mass is 217 g/mol. The zero-order chi connectivity index (χ0) is 6.69. The van der Waals surface area contributed by atoms with Gasteiger partial charge in [-0.05, 0) is 19.3 Å². The minimum atomic E-state index is 0. The third-order valence-corrected chi connectivity index (χ3v) is 2.17. The number of rotatable bonds is 0. The molecule has 1 radical (unpaired) electrons. The fourth-order valence-corrected chi connectivity index (χ4v) is 1.47. The minimum absolute atomic E-state index is 0. The van der Waals surface area contributed by atoms with E-state index in [4.69, 9.17) is 12.2 Å². The molecule has 0 bridgehead atoms. The molecule has 0 atom stereocenters. The standard InChI is InChI=1S/C6H11NS2.Fe/c8-6(9)7-4-2-1-3-5-7;/h1-5H2,(H,8,9);/q;+3. The average molecular weight is 217 g/mol. The third kappa shape index (κ3) is 3.24. The van der Waals surface area contributed by atoms with E-state index < -0.39 is 0 Å². The van der Waals surface area contributed by atoms with Crippen LogP contribution in [0.2, 0.25) is 0 Å². The maximum absolute atomic E-state index is 4.91. The first-order valence-electron chi connectivity index (χ1n) is 3.28. The minimum Gasteiger partial charge on any atom is -0.358 e. The Bertz CT molecular complexity index is 112. The second-order valence-corrected chi connectivity index (χ2v) is 3.44. The summed E-state index contributed by atoms with van der Waals surface area (Å²) in [6.07, 6.45) is 3.91. The number of hydrogen-bond acceptors (Lipinski definition) is 1. The molecule has 0 amide bonds. The fraction of sp³-hybridized carbons (Fsp3) is 0.833. The van der Waals surface area contributed by atoms with E-state index in [2.05, 4.69) is 17.5 Å². The van der Waals surface area contributed by atoms with Gasteiger partial charge in [-0.1, -0.05) is 12.2 Å². The van der Waals surface area contributed by atoms with Gasteiger partial charge in [0.15, 0.2) is 0 Å². The van der Waals surface area contributed by atoms with Crippen molar-refractivity contribution in [2.75, 3.05) is 13.1 Å². The van der Waals surface area contributed by atoms with Gasteiger partial charge in [0.1, 0.15) is 4.32 Å². The molecule has 1 heterocycles. The molecule has 1 saturated heterocycles. The Morgan fingerprint density at radius 1 is 1.20 bits per heavy atom. The Morgan fingerprint density at radius 3 is 2.00 bits per heavy atom. The van der Waals surface area contributed by atoms with Crippen molar-refractivity contribution in [3.8, 4) is 0 Å². The molecule has 0 spiro atoms. The first-order chi connectivity index (χ1) is 4.30. The molecule has 1 nitrogen and oxygen atoms in total. The van der Waals surface area contributed by atoms with Crippen molar-refractivity contribution in [3.63, 3.8) is 0 Å². The number of thiocarbonyl (C=S) groups is 1. The quantitative estimate of drug-likeness (QED) is 0.373. The molecular weight excluding hydrogens is 206 g/mol. The average Bonchev–Trinajstić information content (AvgIpc) is 1.90. The molecule has 1 rings (SSSR count). The van der Waals surface area contributed by atoms with Crippen molar-refractivity contribution in [3.05, 3.63) is 0 Å². The second-order valence-electron chi connectivity index (χ2n) is 2.33. The number of nitrogens with zero attached hydrogens (tertiary/aromatic N) is 1. The van der Waals surface area contributed by atoms with Crippen molar-refractivity contribution in [1.29, 1.82) is 0 Å². The molecule has 10 heavy (non-hydrogen) atoms. The van der Waals surface area contributed by atoms with Gasteiger partial charge in [0.2, 0.25) is 0 Å². The van der Waals surface area contributed by atoms with Gasteiger partial charge in [0.25, 0.3) is 0 Å². The van der Waals surface area contributed by atoms with E-state index in [-0.39, 0.29) is 17.1 Å². The van der Waals surface area contributed by atoms with Gasteiger partial charge in [-0.25, -0.2) is 0 Å². The Labute approximate surface area is 83.4 Å². The van der Waals surface area contributed by atoms with E-state index in [0.29, 0.717) is 0 Å². The van der Waals surface area contributed by atoms with Crippen LogP contribution >= 0.6 is 24.8 Å². The van der Waals surface area contributed by atoms with Crippen LogP contribution in [-0.2, 0) is 17.1 Å². The number of piperidine rings is 1. The zero-order valence-electron chi connectivity index (χ0n) is 5.69. The SMILES string of the molecule is S=C(S)N1CCCCC1.[Fe+3]. The predicted molar refractivity (Wildman–Crippen MR) is 47.0 cm³/mol. The van der Waals surface area contributed by atoms with E-state index in [1.54, 1.807) is 0 Å². The molecule has 0 saturated carbocycles. The summed E-state index contributed by atoms with van der Waals surface area (Å²) in [6, 6.07) is 0. The molecule has 1 fully saturated rings. The van der Waals surface area contributed by atoms with Gasteiger partial charge < -0.3 is 4.90 Å². The van der Waals surface area contributed by atoms with Gasteiger partial charge in [-0.2, -0.15) is 0 Å². The van der Waals surface area contributed by atoms with Gasteiger partial charge in [0.05, 0.1) is 0 Å². The predicted octanol–water partition coefficient (Wildman–Crippen LogP) is 1.68. The molecule has 1 aliphatic heterocycles. The first kappa shape index (κ1) is 10.8. The zero-order valence-corrected chi connectivity index (χ0v) is 8.51. The summed E-state index contributed by atoms with van der Waals surface area (Å²) < 4.78 is 0.759. The molecule has 4 heteroatoms. The largest absolute Gasteiger partial charge is 3.00 e. The second kappa shape index (κ2) is 5.42. The van der Waals surface area contributed by atoms with Crippen LogP contribution in [0.1, 0.15) is 19.3 Å². The molecule has 0 aromatic heterocycles. The molecule has 0 aliphatic carbocycles. The summed E-state index contributed by atoms with van der Waals surface area (Å²) in [4.78, 5) is 2.15. The van der Waals surface area contributed by atoms with E-state index in [1.807, 2.05) is 0 Å². The van der Waals surface area contributed by atoms with Gasteiger partial charge >= 0.3 is 17.1 Å². The number of hydrogen-bond donors (Lipinski definition) is 1. The van der Waals surface area contributed by atoms with Crippen molar-refractivity contribution >= 4 is 29.2 Å². The number of thiol groups is 1. The van der Waals surface area contributed by atoms with E-state index in [1.165, 1.54) is 19.3 Å². The molecule has 0 unspecified atom stereocenters. The van der Waals surface area contributed by atoms with Crippen molar-refractivity contribution < 1.29 is 17.1 Å². The third-order valence-electron chi connectivity index (χ3n) is 1.63. The molecule has 57 valence electrons. The van der Waals surface area contributed by atoms with Crippen LogP contribution in [0.15, 0.2) is 0 Å². The van der Waals surface area contributed by atoms with Crippen LogP contribution in [0.25, 0.3) is 0 Å². The van der Waals surface area contributed by atoms with Gasteiger partial charge in [-0.15, -0.1) is 12.6 Å². The first-order valence-corrected chi connectivity index (χ1v) is 4.14. The van der Waals surface area contributed by atoms with Crippen LogP contribution in [0.4, 0.5) is 0 Å². The van der Waals surface area contributed by atoms with Crippen molar-refractivity contribution in [1.82, 2.24) is 4.90 Å². The summed E-state index contributed by atoms with van der Waals surface area (Å²) in [5, 5.41) is 0. The number of likely N-dealkylation sites (tertiary alicyclic amines) is 1. The van der Waals surface area contributed by atoms with E-state index in [0.717, 1.165) is 17.4 Å². The smallest absolute Gasteiger partial charge is 0.358 e. The Kier molecular flexibility index (Phi) is 5.83. The van der Waals surface area contributed by atoms with Crippen LogP contribution < -0.4 is 0 Å². The fourth-order valence-electron chi connectivity index (χ4n) is 1.09. The maximum Gasteiger partial charge on any atom is 3.00 e. The Balaban J connectivity index is 0.000000810. The summed E-state index contributed by atoms with van der Waals surface area (Å²) >= 11 is 9.00. The molecule has 1 aliphatic rings. The van der Waals surface area contributed by atoms with Crippen LogP contribution in [-0.4, -0.2) is 22.3 Å². The maximum atomic E-state index is 4.91. The molecular formula is C6H11FeNS2+3. The van der Waals surface area contributed by atoms with Crippen molar-refractivity contribution in [2.24, 2.45) is 0 Å². The van der Waals surface area contributed by atoms with Gasteiger partial charge in [-0.3, -0.25) is 0 Å². The molecule has 0 aromatic carbocycles. The van der Waals surface area contributed by atoms with E-state index in [9.17, 15) is 0 Å². The molecule has 0 N–H and O–H groups in total. The summed E-state index contributed by atoms with van der Waals surface area (Å²) in [6.45, 7) is 2.23.